The molecule has 0 spiro atoms. The molecule has 1 aromatic rings. The number of rotatable bonds is 9. The number of hydrogen-bond acceptors (Lipinski definition) is 4. The summed E-state index contributed by atoms with van der Waals surface area (Å²) in [4.78, 5) is 12.2. The van der Waals surface area contributed by atoms with Gasteiger partial charge < -0.3 is 10.4 Å². The number of thiol groups is 1. The highest BCUT2D eigenvalue weighted by atomic mass is 32.2. The van der Waals surface area contributed by atoms with Crippen LogP contribution in [0.25, 0.3) is 0 Å². The Hall–Kier alpha value is -0.650. The Labute approximate surface area is 130 Å². The molecule has 20 heavy (non-hydrogen) atoms. The number of aliphatic hydroxyl groups is 1. The summed E-state index contributed by atoms with van der Waals surface area (Å²) in [6.07, 6.45) is 3.48. The normalized spacial score (nSPS) is 13.8. The highest BCUT2D eigenvalue weighted by Gasteiger charge is 2.20. The van der Waals surface area contributed by atoms with Gasteiger partial charge in [0.15, 0.2) is 0 Å². The first kappa shape index (κ1) is 17.4. The summed E-state index contributed by atoms with van der Waals surface area (Å²) in [6.45, 7) is -0.0169. The molecule has 0 saturated heterocycles. The van der Waals surface area contributed by atoms with Gasteiger partial charge in [0.2, 0.25) is 5.91 Å². The average Bonchev–Trinajstić information content (AvgIpc) is 2.49. The first-order valence-corrected chi connectivity index (χ1v) is 8.78. The van der Waals surface area contributed by atoms with E-state index in [4.69, 9.17) is 0 Å². The van der Waals surface area contributed by atoms with Crippen LogP contribution < -0.4 is 5.32 Å². The fourth-order valence-corrected chi connectivity index (χ4v) is 2.74. The second kappa shape index (κ2) is 10.1. The van der Waals surface area contributed by atoms with E-state index in [1.54, 1.807) is 11.8 Å². The first-order valence-electron chi connectivity index (χ1n) is 6.76. The molecule has 112 valence electrons. The maximum Gasteiger partial charge on any atom is 0.224 e. The largest absolute Gasteiger partial charge is 0.394 e. The van der Waals surface area contributed by atoms with Crippen molar-refractivity contribution in [3.05, 3.63) is 35.9 Å². The van der Waals surface area contributed by atoms with E-state index in [-0.39, 0.29) is 24.5 Å². The molecule has 1 rings (SSSR count). The zero-order valence-corrected chi connectivity index (χ0v) is 13.5. The van der Waals surface area contributed by atoms with Crippen molar-refractivity contribution in [2.45, 2.75) is 18.9 Å². The van der Waals surface area contributed by atoms with Crippen LogP contribution in [-0.4, -0.2) is 41.4 Å². The third-order valence-electron chi connectivity index (χ3n) is 3.15. The second-order valence-electron chi connectivity index (χ2n) is 4.74. The molecule has 5 heteroatoms. The van der Waals surface area contributed by atoms with Crippen LogP contribution in [0, 0.1) is 5.92 Å². The van der Waals surface area contributed by atoms with Crippen molar-refractivity contribution in [3.63, 3.8) is 0 Å². The van der Waals surface area contributed by atoms with Crippen molar-refractivity contribution in [2.24, 2.45) is 5.92 Å². The summed E-state index contributed by atoms with van der Waals surface area (Å²) in [7, 11) is 0. The van der Waals surface area contributed by atoms with E-state index < -0.39 is 0 Å². The Morgan fingerprint density at radius 2 is 2.10 bits per heavy atom. The second-order valence-corrected chi connectivity index (χ2v) is 6.09. The molecule has 2 atom stereocenters. The topological polar surface area (TPSA) is 49.3 Å². The number of thioether (sulfide) groups is 1. The van der Waals surface area contributed by atoms with E-state index in [9.17, 15) is 9.90 Å². The molecular weight excluding hydrogens is 290 g/mol. The van der Waals surface area contributed by atoms with E-state index in [0.29, 0.717) is 12.2 Å². The predicted molar refractivity (Wildman–Crippen MR) is 89.5 cm³/mol. The van der Waals surface area contributed by atoms with E-state index >= 15 is 0 Å². The molecule has 0 bridgehead atoms. The zero-order chi connectivity index (χ0) is 14.8. The van der Waals surface area contributed by atoms with Gasteiger partial charge in [0.05, 0.1) is 18.6 Å². The van der Waals surface area contributed by atoms with Crippen LogP contribution in [0.5, 0.6) is 0 Å². The fourth-order valence-electron chi connectivity index (χ4n) is 1.93. The number of aliphatic hydroxyl groups excluding tert-OH is 1. The summed E-state index contributed by atoms with van der Waals surface area (Å²) in [5.74, 6) is 1.24. The van der Waals surface area contributed by atoms with E-state index in [1.165, 1.54) is 0 Å². The maximum absolute atomic E-state index is 12.2. The van der Waals surface area contributed by atoms with Crippen LogP contribution in [0.3, 0.4) is 0 Å². The Morgan fingerprint density at radius 3 is 2.65 bits per heavy atom. The van der Waals surface area contributed by atoms with Crippen molar-refractivity contribution in [1.29, 1.82) is 0 Å². The van der Waals surface area contributed by atoms with Crippen molar-refractivity contribution in [1.82, 2.24) is 5.32 Å². The molecule has 0 saturated carbocycles. The summed E-state index contributed by atoms with van der Waals surface area (Å²) in [5.41, 5.74) is 1.13. The van der Waals surface area contributed by atoms with Crippen molar-refractivity contribution >= 4 is 30.3 Å². The van der Waals surface area contributed by atoms with Gasteiger partial charge in [0, 0.05) is 5.75 Å². The lowest BCUT2D eigenvalue weighted by Crippen LogP contribution is -2.42. The van der Waals surface area contributed by atoms with Gasteiger partial charge in [0.1, 0.15) is 0 Å². The molecule has 0 aliphatic rings. The monoisotopic (exact) mass is 313 g/mol. The predicted octanol–water partition coefficient (Wildman–Crippen LogP) is 2.01. The molecule has 0 radical (unpaired) electrons. The molecule has 0 heterocycles. The SMILES string of the molecule is CSCC[C@@H](CO)NC(=O)[C@@H](CS)Cc1ccccc1. The lowest BCUT2D eigenvalue weighted by atomic mass is 9.99. The van der Waals surface area contributed by atoms with Gasteiger partial charge in [-0.3, -0.25) is 4.79 Å². The van der Waals surface area contributed by atoms with E-state index in [0.717, 1.165) is 17.7 Å². The third kappa shape index (κ3) is 6.20. The summed E-state index contributed by atoms with van der Waals surface area (Å²) in [6, 6.07) is 9.77. The van der Waals surface area contributed by atoms with Crippen molar-refractivity contribution < 1.29 is 9.90 Å². The Kier molecular flexibility index (Phi) is 8.82. The third-order valence-corrected chi connectivity index (χ3v) is 4.24. The van der Waals surface area contributed by atoms with Crippen LogP contribution in [-0.2, 0) is 11.2 Å². The minimum absolute atomic E-state index is 0.0169. The lowest BCUT2D eigenvalue weighted by Gasteiger charge is -2.20. The van der Waals surface area contributed by atoms with Gasteiger partial charge in [-0.1, -0.05) is 30.3 Å². The Bertz CT molecular complexity index is 387. The number of benzene rings is 1. The molecule has 1 aromatic carbocycles. The molecule has 2 N–H and O–H groups in total. The molecule has 0 aromatic heterocycles. The number of amides is 1. The molecular formula is C15H23NO2S2. The van der Waals surface area contributed by atoms with Gasteiger partial charge in [-0.2, -0.15) is 24.4 Å². The molecule has 0 fully saturated rings. The number of carbonyl (C=O) groups is 1. The highest BCUT2D eigenvalue weighted by Crippen LogP contribution is 2.11. The van der Waals surface area contributed by atoms with Crippen LogP contribution in [0.2, 0.25) is 0 Å². The quantitative estimate of drug-likeness (QED) is 0.611. The minimum atomic E-state index is -0.163. The summed E-state index contributed by atoms with van der Waals surface area (Å²) < 4.78 is 0. The smallest absolute Gasteiger partial charge is 0.224 e. The van der Waals surface area contributed by atoms with Crippen molar-refractivity contribution in [3.8, 4) is 0 Å². The van der Waals surface area contributed by atoms with E-state index in [1.807, 2.05) is 36.6 Å². The van der Waals surface area contributed by atoms with Crippen molar-refractivity contribution in [2.75, 3.05) is 24.4 Å². The van der Waals surface area contributed by atoms with Crippen LogP contribution in [0.4, 0.5) is 0 Å². The summed E-state index contributed by atoms with van der Waals surface area (Å²) >= 11 is 5.99. The van der Waals surface area contributed by atoms with Gasteiger partial charge in [-0.05, 0) is 30.4 Å². The van der Waals surface area contributed by atoms with Gasteiger partial charge in [-0.25, -0.2) is 0 Å². The molecule has 0 unspecified atom stereocenters. The molecule has 3 nitrogen and oxygen atoms in total. The molecule has 0 aliphatic carbocycles. The van der Waals surface area contributed by atoms with Gasteiger partial charge in [0.25, 0.3) is 0 Å². The lowest BCUT2D eigenvalue weighted by molar-refractivity contribution is -0.125. The minimum Gasteiger partial charge on any atom is -0.394 e. The zero-order valence-electron chi connectivity index (χ0n) is 11.8. The first-order chi connectivity index (χ1) is 9.71. The van der Waals surface area contributed by atoms with E-state index in [2.05, 4.69) is 17.9 Å². The molecule has 0 aliphatic heterocycles. The van der Waals surface area contributed by atoms with Crippen LogP contribution >= 0.6 is 24.4 Å². The average molecular weight is 313 g/mol. The highest BCUT2D eigenvalue weighted by molar-refractivity contribution is 7.98. The Balaban J connectivity index is 2.53. The molecule has 1 amide bonds. The maximum atomic E-state index is 12.2. The van der Waals surface area contributed by atoms with Gasteiger partial charge >= 0.3 is 0 Å². The standard InChI is InChI=1S/C15H23NO2S2/c1-20-8-7-14(10-17)16-15(18)13(11-19)9-12-5-3-2-4-6-12/h2-6,13-14,17,19H,7-11H2,1H3,(H,16,18)/t13-,14+/m1/s1. The number of nitrogens with one attached hydrogen (secondary N) is 1. The summed E-state index contributed by atoms with van der Waals surface area (Å²) in [5, 5.41) is 12.2. The Morgan fingerprint density at radius 1 is 1.40 bits per heavy atom. The van der Waals surface area contributed by atoms with Gasteiger partial charge in [-0.15, -0.1) is 0 Å². The fraction of sp³-hybridized carbons (Fsp3) is 0.533. The number of hydrogen-bond donors (Lipinski definition) is 3. The van der Waals surface area contributed by atoms with Crippen LogP contribution in [0.15, 0.2) is 30.3 Å². The van der Waals surface area contributed by atoms with Crippen LogP contribution in [0.1, 0.15) is 12.0 Å². The number of carbonyl (C=O) groups excluding carboxylic acids is 1.